The third kappa shape index (κ3) is 3.69. The summed E-state index contributed by atoms with van der Waals surface area (Å²) in [5, 5.41) is 9.50. The Balaban J connectivity index is 2.37. The van der Waals surface area contributed by atoms with Gasteiger partial charge in [0.1, 0.15) is 0 Å². The molecular weight excluding hydrogens is 286 g/mol. The molecule has 3 heteroatoms. The zero-order valence-corrected chi connectivity index (χ0v) is 14.4. The summed E-state index contributed by atoms with van der Waals surface area (Å²) >= 11 is 0. The Bertz CT molecular complexity index is 613. The summed E-state index contributed by atoms with van der Waals surface area (Å²) < 4.78 is 0. The summed E-state index contributed by atoms with van der Waals surface area (Å²) in [6.45, 7) is 7.06. The van der Waals surface area contributed by atoms with E-state index in [9.17, 15) is 9.90 Å². The number of unbranched alkanes of at least 4 members (excludes halogenated alkanes) is 2. The molecule has 1 aliphatic rings. The summed E-state index contributed by atoms with van der Waals surface area (Å²) in [5.41, 5.74) is 2.96. The van der Waals surface area contributed by atoms with E-state index in [1.165, 1.54) is 17.7 Å². The lowest BCUT2D eigenvalue weighted by molar-refractivity contribution is 0.200. The molecule has 1 atom stereocenters. The lowest BCUT2D eigenvalue weighted by atomic mass is 9.76. The van der Waals surface area contributed by atoms with Gasteiger partial charge in [-0.05, 0) is 35.4 Å². The van der Waals surface area contributed by atoms with E-state index in [-0.39, 0.29) is 11.3 Å². The highest BCUT2D eigenvalue weighted by molar-refractivity contribution is 5.88. The molecule has 3 nitrogen and oxygen atoms in total. The molecule has 1 aromatic rings. The number of carboxylic acid groups (broad SMARTS) is 1. The van der Waals surface area contributed by atoms with E-state index >= 15 is 0 Å². The van der Waals surface area contributed by atoms with Crippen LogP contribution in [0.25, 0.3) is 0 Å². The second kappa shape index (κ2) is 7.08. The molecule has 0 bridgehead atoms. The zero-order chi connectivity index (χ0) is 17.0. The maximum absolute atomic E-state index is 11.6. The van der Waals surface area contributed by atoms with Crippen LogP contribution < -0.4 is 4.90 Å². The Labute approximate surface area is 139 Å². The van der Waals surface area contributed by atoms with E-state index in [1.807, 2.05) is 6.07 Å². The van der Waals surface area contributed by atoms with Gasteiger partial charge in [0, 0.05) is 12.5 Å². The van der Waals surface area contributed by atoms with Gasteiger partial charge < -0.3 is 5.11 Å². The first-order chi connectivity index (χ1) is 10.9. The van der Waals surface area contributed by atoms with Gasteiger partial charge in [-0.15, -0.1) is 6.42 Å². The average molecular weight is 313 g/mol. The van der Waals surface area contributed by atoms with Crippen LogP contribution in [0.15, 0.2) is 18.2 Å². The maximum atomic E-state index is 11.6. The molecule has 1 heterocycles. The number of amides is 1. The fourth-order valence-corrected chi connectivity index (χ4v) is 3.35. The van der Waals surface area contributed by atoms with Crippen molar-refractivity contribution in [3.63, 3.8) is 0 Å². The standard InChI is InChI=1S/C20H27NO2/c1-5-7-8-9-15(6-2)16-10-11-17-18(14-16)21(19(22)23)13-12-20(17,3)4/h2,10-11,14-15H,5,7-9,12-13H2,1,3-4H3,(H,22,23). The summed E-state index contributed by atoms with van der Waals surface area (Å²) in [7, 11) is 0. The number of rotatable bonds is 5. The van der Waals surface area contributed by atoms with Crippen LogP contribution in [0.1, 0.15) is 69.9 Å². The van der Waals surface area contributed by atoms with Crippen molar-refractivity contribution >= 4 is 11.8 Å². The van der Waals surface area contributed by atoms with Crippen molar-refractivity contribution in [3.8, 4) is 12.3 Å². The van der Waals surface area contributed by atoms with Gasteiger partial charge in [-0.2, -0.15) is 0 Å². The second-order valence-electron chi connectivity index (χ2n) is 7.06. The minimum Gasteiger partial charge on any atom is -0.465 e. The van der Waals surface area contributed by atoms with E-state index in [0.717, 1.165) is 36.1 Å². The van der Waals surface area contributed by atoms with Crippen LogP contribution in [0.5, 0.6) is 0 Å². The minimum absolute atomic E-state index is 0.00629. The number of hydrogen-bond acceptors (Lipinski definition) is 1. The fraction of sp³-hybridized carbons (Fsp3) is 0.550. The molecule has 124 valence electrons. The van der Waals surface area contributed by atoms with Gasteiger partial charge in [-0.1, -0.05) is 58.1 Å². The highest BCUT2D eigenvalue weighted by Gasteiger charge is 2.34. The van der Waals surface area contributed by atoms with Crippen molar-refractivity contribution in [2.75, 3.05) is 11.4 Å². The van der Waals surface area contributed by atoms with Crippen LogP contribution in [0, 0.1) is 12.3 Å². The van der Waals surface area contributed by atoms with Crippen molar-refractivity contribution in [3.05, 3.63) is 29.3 Å². The maximum Gasteiger partial charge on any atom is 0.411 e. The zero-order valence-electron chi connectivity index (χ0n) is 14.4. The van der Waals surface area contributed by atoms with Gasteiger partial charge in [-0.25, -0.2) is 4.79 Å². The molecule has 23 heavy (non-hydrogen) atoms. The number of hydrogen-bond donors (Lipinski definition) is 1. The Hall–Kier alpha value is -1.95. The number of terminal acetylenes is 1. The van der Waals surface area contributed by atoms with E-state index in [2.05, 4.69) is 38.8 Å². The Kier molecular flexibility index (Phi) is 5.36. The van der Waals surface area contributed by atoms with Crippen molar-refractivity contribution < 1.29 is 9.90 Å². The quantitative estimate of drug-likeness (QED) is 0.603. The Morgan fingerprint density at radius 1 is 1.43 bits per heavy atom. The van der Waals surface area contributed by atoms with Crippen LogP contribution in [-0.2, 0) is 5.41 Å². The summed E-state index contributed by atoms with van der Waals surface area (Å²) in [4.78, 5) is 13.0. The predicted octanol–water partition coefficient (Wildman–Crippen LogP) is 5.15. The van der Waals surface area contributed by atoms with E-state index in [4.69, 9.17) is 6.42 Å². The SMILES string of the molecule is C#CC(CCCCC)c1ccc2c(c1)N(C(=O)O)CCC2(C)C. The van der Waals surface area contributed by atoms with Gasteiger partial charge in [0.2, 0.25) is 0 Å². The monoisotopic (exact) mass is 313 g/mol. The Morgan fingerprint density at radius 2 is 2.17 bits per heavy atom. The number of carbonyl (C=O) groups is 1. The predicted molar refractivity (Wildman–Crippen MR) is 95.2 cm³/mol. The molecule has 1 unspecified atom stereocenters. The van der Waals surface area contributed by atoms with Crippen molar-refractivity contribution in [2.45, 2.75) is 64.2 Å². The lowest BCUT2D eigenvalue weighted by Crippen LogP contribution is -2.40. The summed E-state index contributed by atoms with van der Waals surface area (Å²) in [6, 6.07) is 6.16. The number of anilines is 1. The molecular formula is C20H27NO2. The third-order valence-electron chi connectivity index (χ3n) is 4.93. The molecule has 1 aliphatic heterocycles. The Morgan fingerprint density at radius 3 is 2.78 bits per heavy atom. The van der Waals surface area contributed by atoms with Gasteiger partial charge in [0.15, 0.2) is 0 Å². The van der Waals surface area contributed by atoms with Crippen LogP contribution in [0.3, 0.4) is 0 Å². The van der Waals surface area contributed by atoms with Gasteiger partial charge >= 0.3 is 6.09 Å². The highest BCUT2D eigenvalue weighted by Crippen LogP contribution is 2.41. The normalized spacial score (nSPS) is 17.2. The van der Waals surface area contributed by atoms with Gasteiger partial charge in [0.05, 0.1) is 5.69 Å². The molecule has 2 rings (SSSR count). The van der Waals surface area contributed by atoms with Crippen molar-refractivity contribution in [1.82, 2.24) is 0 Å². The van der Waals surface area contributed by atoms with Crippen LogP contribution in [0.4, 0.5) is 10.5 Å². The highest BCUT2D eigenvalue weighted by atomic mass is 16.4. The molecule has 0 saturated carbocycles. The van der Waals surface area contributed by atoms with Crippen LogP contribution >= 0.6 is 0 Å². The van der Waals surface area contributed by atoms with E-state index in [1.54, 1.807) is 0 Å². The van der Waals surface area contributed by atoms with E-state index in [0.29, 0.717) is 6.54 Å². The number of nitrogens with zero attached hydrogens (tertiary/aromatic N) is 1. The average Bonchev–Trinajstić information content (AvgIpc) is 2.51. The smallest absolute Gasteiger partial charge is 0.411 e. The first-order valence-corrected chi connectivity index (χ1v) is 8.51. The van der Waals surface area contributed by atoms with Gasteiger partial charge in [0.25, 0.3) is 0 Å². The summed E-state index contributed by atoms with van der Waals surface area (Å²) in [5.74, 6) is 2.95. The molecule has 0 aliphatic carbocycles. The first-order valence-electron chi connectivity index (χ1n) is 8.51. The van der Waals surface area contributed by atoms with E-state index < -0.39 is 6.09 Å². The molecule has 0 radical (unpaired) electrons. The molecule has 0 spiro atoms. The van der Waals surface area contributed by atoms with Crippen molar-refractivity contribution in [1.29, 1.82) is 0 Å². The molecule has 0 saturated heterocycles. The largest absolute Gasteiger partial charge is 0.465 e. The summed E-state index contributed by atoms with van der Waals surface area (Å²) in [6.07, 6.45) is 10.1. The van der Waals surface area contributed by atoms with Crippen LogP contribution in [0.2, 0.25) is 0 Å². The molecule has 1 N–H and O–H groups in total. The first kappa shape index (κ1) is 17.4. The third-order valence-corrected chi connectivity index (χ3v) is 4.93. The molecule has 0 aromatic heterocycles. The molecule has 1 amide bonds. The van der Waals surface area contributed by atoms with Crippen molar-refractivity contribution in [2.24, 2.45) is 0 Å². The molecule has 0 fully saturated rings. The topological polar surface area (TPSA) is 40.5 Å². The second-order valence-corrected chi connectivity index (χ2v) is 7.06. The lowest BCUT2D eigenvalue weighted by Gasteiger charge is -2.38. The van der Waals surface area contributed by atoms with Gasteiger partial charge in [-0.3, -0.25) is 4.90 Å². The number of benzene rings is 1. The minimum atomic E-state index is -0.887. The van der Waals surface area contributed by atoms with Crippen LogP contribution in [-0.4, -0.2) is 17.7 Å². The molecule has 1 aromatic carbocycles. The fourth-order valence-electron chi connectivity index (χ4n) is 3.35. The number of fused-ring (bicyclic) bond motifs is 1.